The van der Waals surface area contributed by atoms with Crippen molar-refractivity contribution in [2.45, 2.75) is 13.3 Å². The monoisotopic (exact) mass is 284 g/mol. The Hall–Kier alpha value is -2.67. The van der Waals surface area contributed by atoms with Gasteiger partial charge in [0.05, 0.1) is 0 Å². The summed E-state index contributed by atoms with van der Waals surface area (Å²) in [5.74, 6) is 0.108. The molecule has 106 valence electrons. The smallest absolute Gasteiger partial charge is 0.193 e. The molecule has 3 aromatic rings. The van der Waals surface area contributed by atoms with Crippen molar-refractivity contribution in [2.75, 3.05) is 0 Å². The van der Waals surface area contributed by atoms with Gasteiger partial charge in [0.25, 0.3) is 0 Å². The van der Waals surface area contributed by atoms with Gasteiger partial charge in [0.15, 0.2) is 5.78 Å². The summed E-state index contributed by atoms with van der Waals surface area (Å²) in [7, 11) is 0. The normalized spacial score (nSPS) is 11.9. The van der Waals surface area contributed by atoms with Crippen LogP contribution in [0.25, 0.3) is 11.1 Å². The lowest BCUT2D eigenvalue weighted by atomic mass is 9.92. The molecular weight excluding hydrogens is 268 g/mol. The molecule has 0 amide bonds. The lowest BCUT2D eigenvalue weighted by molar-refractivity contribution is 0.103. The van der Waals surface area contributed by atoms with Crippen LogP contribution in [0.1, 0.15) is 32.6 Å². The molecule has 0 bridgehead atoms. The van der Waals surface area contributed by atoms with Crippen LogP contribution in [0.5, 0.6) is 0 Å². The Labute approximate surface area is 130 Å². The average molecular weight is 284 g/mol. The zero-order chi connectivity index (χ0) is 15.1. The number of carbonyl (C=O) groups is 1. The van der Waals surface area contributed by atoms with E-state index in [1.807, 2.05) is 36.4 Å². The second kappa shape index (κ2) is 4.96. The zero-order valence-electron chi connectivity index (χ0n) is 12.5. The maximum absolute atomic E-state index is 12.7. The number of rotatable bonds is 2. The summed E-state index contributed by atoms with van der Waals surface area (Å²) in [4.78, 5) is 12.7. The summed E-state index contributed by atoms with van der Waals surface area (Å²) in [6.07, 6.45) is 0.924. The van der Waals surface area contributed by atoms with Gasteiger partial charge < -0.3 is 0 Å². The Morgan fingerprint density at radius 2 is 1.55 bits per heavy atom. The quantitative estimate of drug-likeness (QED) is 0.483. The molecule has 1 heteroatoms. The van der Waals surface area contributed by atoms with Gasteiger partial charge in [-0.15, -0.1) is 0 Å². The molecule has 0 saturated heterocycles. The number of benzene rings is 3. The van der Waals surface area contributed by atoms with Crippen molar-refractivity contribution < 1.29 is 4.79 Å². The summed E-state index contributed by atoms with van der Waals surface area (Å²) in [5.41, 5.74) is 7.91. The molecule has 22 heavy (non-hydrogen) atoms. The molecule has 0 atom stereocenters. The van der Waals surface area contributed by atoms with E-state index in [0.717, 1.165) is 23.1 Å². The molecule has 0 spiro atoms. The Morgan fingerprint density at radius 1 is 0.818 bits per heavy atom. The van der Waals surface area contributed by atoms with E-state index < -0.39 is 0 Å². The Morgan fingerprint density at radius 3 is 2.36 bits per heavy atom. The largest absolute Gasteiger partial charge is 0.289 e. The first-order valence-electron chi connectivity index (χ1n) is 7.56. The van der Waals surface area contributed by atoms with Gasteiger partial charge in [0, 0.05) is 11.1 Å². The van der Waals surface area contributed by atoms with Gasteiger partial charge in [0.2, 0.25) is 0 Å². The van der Waals surface area contributed by atoms with Gasteiger partial charge in [-0.2, -0.15) is 0 Å². The summed E-state index contributed by atoms with van der Waals surface area (Å²) in [6.45, 7) is 2.07. The highest BCUT2D eigenvalue weighted by Gasteiger charge is 2.23. The Balaban J connectivity index is 1.83. The van der Waals surface area contributed by atoms with Gasteiger partial charge >= 0.3 is 0 Å². The van der Waals surface area contributed by atoms with Crippen LogP contribution in [0.4, 0.5) is 0 Å². The van der Waals surface area contributed by atoms with E-state index in [1.54, 1.807) is 0 Å². The minimum atomic E-state index is 0.108. The van der Waals surface area contributed by atoms with Crippen molar-refractivity contribution >= 4 is 5.78 Å². The molecule has 0 radical (unpaired) electrons. The highest BCUT2D eigenvalue weighted by Crippen LogP contribution is 2.39. The van der Waals surface area contributed by atoms with Crippen LogP contribution < -0.4 is 0 Å². The molecule has 0 fully saturated rings. The summed E-state index contributed by atoms with van der Waals surface area (Å²) in [6, 6.07) is 22.1. The fraction of sp³-hybridized carbons (Fsp3) is 0.0952. The standard InChI is InChI=1S/C21H16O/c1-14-17(21(22)15-7-3-2-4-8-15)11-12-19-18-10-6-5-9-16(18)13-20(14)19/h2-12H,13H2,1H3. The maximum Gasteiger partial charge on any atom is 0.193 e. The third-order valence-corrected chi connectivity index (χ3v) is 4.55. The predicted octanol–water partition coefficient (Wildman–Crippen LogP) is 4.80. The van der Waals surface area contributed by atoms with Gasteiger partial charge in [0.1, 0.15) is 0 Å². The van der Waals surface area contributed by atoms with Crippen LogP contribution in [-0.4, -0.2) is 5.78 Å². The fourth-order valence-electron chi connectivity index (χ4n) is 3.36. The first-order chi connectivity index (χ1) is 10.8. The number of ketones is 1. The van der Waals surface area contributed by atoms with Crippen LogP contribution >= 0.6 is 0 Å². The molecule has 0 saturated carbocycles. The number of hydrogen-bond acceptors (Lipinski definition) is 1. The highest BCUT2D eigenvalue weighted by atomic mass is 16.1. The van der Waals surface area contributed by atoms with Crippen LogP contribution in [0, 0.1) is 6.92 Å². The minimum Gasteiger partial charge on any atom is -0.289 e. The van der Waals surface area contributed by atoms with Gasteiger partial charge in [-0.3, -0.25) is 4.79 Å². The molecule has 3 aromatic carbocycles. The molecule has 0 unspecified atom stereocenters. The molecular formula is C21H16O. The Kier molecular flexibility index (Phi) is 2.93. The van der Waals surface area contributed by atoms with Crippen LogP contribution in [-0.2, 0) is 6.42 Å². The molecule has 0 heterocycles. The molecule has 0 aliphatic heterocycles. The van der Waals surface area contributed by atoms with Crippen LogP contribution in [0.15, 0.2) is 66.7 Å². The average Bonchev–Trinajstić information content (AvgIpc) is 2.95. The molecule has 1 aliphatic rings. The first-order valence-corrected chi connectivity index (χ1v) is 7.56. The van der Waals surface area contributed by atoms with E-state index in [4.69, 9.17) is 0 Å². The summed E-state index contributed by atoms with van der Waals surface area (Å²) >= 11 is 0. The van der Waals surface area contributed by atoms with E-state index >= 15 is 0 Å². The molecule has 1 nitrogen and oxygen atoms in total. The Bertz CT molecular complexity index is 876. The lowest BCUT2D eigenvalue weighted by Gasteiger charge is -2.10. The minimum absolute atomic E-state index is 0.108. The van der Waals surface area contributed by atoms with E-state index in [9.17, 15) is 4.79 Å². The van der Waals surface area contributed by atoms with E-state index in [0.29, 0.717) is 0 Å². The predicted molar refractivity (Wildman–Crippen MR) is 89.3 cm³/mol. The van der Waals surface area contributed by atoms with E-state index in [2.05, 4.69) is 37.3 Å². The van der Waals surface area contributed by atoms with Crippen molar-refractivity contribution in [1.29, 1.82) is 0 Å². The molecule has 1 aliphatic carbocycles. The topological polar surface area (TPSA) is 17.1 Å². The second-order valence-corrected chi connectivity index (χ2v) is 5.79. The van der Waals surface area contributed by atoms with Crippen molar-refractivity contribution in [3.63, 3.8) is 0 Å². The van der Waals surface area contributed by atoms with Crippen molar-refractivity contribution in [2.24, 2.45) is 0 Å². The maximum atomic E-state index is 12.7. The van der Waals surface area contributed by atoms with Crippen molar-refractivity contribution in [3.8, 4) is 11.1 Å². The third kappa shape index (κ3) is 1.90. The lowest BCUT2D eigenvalue weighted by Crippen LogP contribution is -2.05. The number of carbonyl (C=O) groups excluding carboxylic acids is 1. The second-order valence-electron chi connectivity index (χ2n) is 5.79. The van der Waals surface area contributed by atoms with Gasteiger partial charge in [-0.1, -0.05) is 66.7 Å². The molecule has 4 rings (SSSR count). The summed E-state index contributed by atoms with van der Waals surface area (Å²) < 4.78 is 0. The third-order valence-electron chi connectivity index (χ3n) is 4.55. The van der Waals surface area contributed by atoms with E-state index in [1.165, 1.54) is 22.3 Å². The molecule has 0 aromatic heterocycles. The van der Waals surface area contributed by atoms with E-state index in [-0.39, 0.29) is 5.78 Å². The van der Waals surface area contributed by atoms with Crippen molar-refractivity contribution in [1.82, 2.24) is 0 Å². The molecule has 0 N–H and O–H groups in total. The highest BCUT2D eigenvalue weighted by molar-refractivity contribution is 6.10. The number of hydrogen-bond donors (Lipinski definition) is 0. The van der Waals surface area contributed by atoms with Crippen LogP contribution in [0.2, 0.25) is 0 Å². The van der Waals surface area contributed by atoms with Gasteiger partial charge in [-0.25, -0.2) is 0 Å². The van der Waals surface area contributed by atoms with Gasteiger partial charge in [-0.05, 0) is 41.2 Å². The van der Waals surface area contributed by atoms with Crippen LogP contribution in [0.3, 0.4) is 0 Å². The SMILES string of the molecule is Cc1c(C(=O)c2ccccc2)ccc2c1Cc1ccccc1-2. The first kappa shape index (κ1) is 13.0. The zero-order valence-corrected chi connectivity index (χ0v) is 12.5. The summed E-state index contributed by atoms with van der Waals surface area (Å²) in [5, 5.41) is 0. The van der Waals surface area contributed by atoms with Crippen molar-refractivity contribution in [3.05, 3.63) is 94.5 Å². The fourth-order valence-corrected chi connectivity index (χ4v) is 3.36. The number of fused-ring (bicyclic) bond motifs is 3.